The molecule has 8 bridgehead atoms. The van der Waals surface area contributed by atoms with Gasteiger partial charge in [0, 0.05) is 17.1 Å². The van der Waals surface area contributed by atoms with Crippen LogP contribution in [0.1, 0.15) is 135 Å². The van der Waals surface area contributed by atoms with Gasteiger partial charge in [-0.25, -0.2) is 0 Å². The highest BCUT2D eigenvalue weighted by Crippen LogP contribution is 2.65. The molecule has 0 radical (unpaired) electrons. The van der Waals surface area contributed by atoms with E-state index in [9.17, 15) is 0 Å². The Morgan fingerprint density at radius 3 is 1.98 bits per heavy atom. The SMILES string of the molecule is c1ccc2c(c1)Oc1cc(C34CC5CC(C3)C(C5)C4)cc3c1B2c1cc2c(cc1N3c1ccc3c(c1)C1CCC3CC1)C1CCC2CC1. The topological polar surface area (TPSA) is 12.5 Å². The molecule has 2 unspecified atom stereocenters. The molecule has 3 heteroatoms. The Morgan fingerprint density at radius 1 is 0.583 bits per heavy atom. The molecule has 2 aliphatic heterocycles. The first kappa shape index (κ1) is 26.4. The van der Waals surface area contributed by atoms with Crippen molar-refractivity contribution in [3.8, 4) is 11.5 Å². The van der Waals surface area contributed by atoms with Crippen LogP contribution in [0.4, 0.5) is 17.1 Å². The zero-order valence-corrected chi connectivity index (χ0v) is 28.0. The number of anilines is 3. The molecule has 16 rings (SSSR count). The lowest BCUT2D eigenvalue weighted by Gasteiger charge is -2.46. The number of para-hydroxylation sites is 1. The van der Waals surface area contributed by atoms with Gasteiger partial charge in [0.15, 0.2) is 0 Å². The fourth-order valence-corrected chi connectivity index (χ4v) is 14.1. The van der Waals surface area contributed by atoms with Gasteiger partial charge in [0.05, 0.1) is 0 Å². The van der Waals surface area contributed by atoms with Crippen molar-refractivity contribution in [2.75, 3.05) is 4.90 Å². The molecule has 2 nitrogen and oxygen atoms in total. The predicted molar refractivity (Wildman–Crippen MR) is 195 cm³/mol. The first-order chi connectivity index (χ1) is 23.7. The molecule has 0 spiro atoms. The van der Waals surface area contributed by atoms with Gasteiger partial charge in [-0.2, -0.15) is 0 Å². The molecule has 2 atom stereocenters. The van der Waals surface area contributed by atoms with Gasteiger partial charge in [-0.15, -0.1) is 0 Å². The second-order valence-corrected chi connectivity index (χ2v) is 18.0. The summed E-state index contributed by atoms with van der Waals surface area (Å²) >= 11 is 0. The third-order valence-corrected chi connectivity index (χ3v) is 16.0. The monoisotopic (exact) mass is 625 g/mol. The van der Waals surface area contributed by atoms with E-state index in [1.807, 2.05) is 0 Å². The van der Waals surface area contributed by atoms with E-state index in [4.69, 9.17) is 4.74 Å². The summed E-state index contributed by atoms with van der Waals surface area (Å²) in [4.78, 5) is 2.75. The first-order valence-electron chi connectivity index (χ1n) is 19.7. The van der Waals surface area contributed by atoms with Crippen molar-refractivity contribution in [2.24, 2.45) is 17.8 Å². The standard InChI is InChI=1S/C45H44BNO/c1-2-4-42-38(3-1)46-39-20-36-28-9-11-29(12-10-28)37(36)21-40(39)47(33-13-14-34-26-5-7-27(8-6-26)35(34)19-33)41-17-32(18-43(48-42)44(41)46)45-22-25-15-30(23-45)31(16-25)24-45/h1-4,13-14,17-21,25-31H,5-12,15-16,22-24H2. The average Bonchev–Trinajstić information content (AvgIpc) is 3.57. The Bertz CT molecular complexity index is 2060. The summed E-state index contributed by atoms with van der Waals surface area (Å²) in [6.07, 6.45) is 18.1. The molecule has 6 fully saturated rings. The third kappa shape index (κ3) is 3.28. The highest BCUT2D eigenvalue weighted by molar-refractivity contribution is 6.99. The minimum Gasteiger partial charge on any atom is -0.458 e. The van der Waals surface area contributed by atoms with Gasteiger partial charge in [-0.05, 0) is 211 Å². The lowest BCUT2D eigenvalue weighted by molar-refractivity contribution is 0.229. The summed E-state index contributed by atoms with van der Waals surface area (Å²) < 4.78 is 7.06. The smallest absolute Gasteiger partial charge is 0.256 e. The van der Waals surface area contributed by atoms with Gasteiger partial charge in [0.25, 0.3) is 6.71 Å². The molecule has 0 N–H and O–H groups in total. The lowest BCUT2D eigenvalue weighted by Crippen LogP contribution is -2.60. The lowest BCUT2D eigenvalue weighted by atomic mass is 9.33. The molecule has 4 aromatic carbocycles. The van der Waals surface area contributed by atoms with Crippen molar-refractivity contribution in [1.82, 2.24) is 0 Å². The summed E-state index contributed by atoms with van der Waals surface area (Å²) in [5.41, 5.74) is 17.1. The normalized spacial score (nSPS) is 34.8. The Labute approximate surface area is 285 Å². The van der Waals surface area contributed by atoms with Crippen LogP contribution in [0.5, 0.6) is 11.5 Å². The molecule has 48 heavy (non-hydrogen) atoms. The molecule has 0 amide bonds. The van der Waals surface area contributed by atoms with Crippen molar-refractivity contribution in [3.63, 3.8) is 0 Å². The fraction of sp³-hybridized carbons (Fsp3) is 0.467. The molecule has 2 heterocycles. The van der Waals surface area contributed by atoms with Crippen LogP contribution in [0.2, 0.25) is 0 Å². The van der Waals surface area contributed by atoms with Crippen molar-refractivity contribution in [1.29, 1.82) is 0 Å². The molecule has 238 valence electrons. The van der Waals surface area contributed by atoms with Crippen molar-refractivity contribution in [3.05, 3.63) is 94.5 Å². The molecule has 0 aromatic heterocycles. The Morgan fingerprint density at radius 2 is 1.25 bits per heavy atom. The van der Waals surface area contributed by atoms with Crippen LogP contribution >= 0.6 is 0 Å². The van der Waals surface area contributed by atoms with Crippen LogP contribution in [0.25, 0.3) is 0 Å². The summed E-state index contributed by atoms with van der Waals surface area (Å²) in [6.45, 7) is 0.216. The number of hydrogen-bond donors (Lipinski definition) is 0. The largest absolute Gasteiger partial charge is 0.458 e. The molecular weight excluding hydrogens is 581 g/mol. The predicted octanol–water partition coefficient (Wildman–Crippen LogP) is 9.68. The van der Waals surface area contributed by atoms with E-state index < -0.39 is 0 Å². The minimum absolute atomic E-state index is 0.216. The maximum atomic E-state index is 7.06. The number of ether oxygens (including phenoxy) is 1. The Kier molecular flexibility index (Phi) is 4.96. The third-order valence-electron chi connectivity index (χ3n) is 16.0. The zero-order chi connectivity index (χ0) is 30.9. The van der Waals surface area contributed by atoms with E-state index in [0.717, 1.165) is 52.9 Å². The first-order valence-corrected chi connectivity index (χ1v) is 19.7. The van der Waals surface area contributed by atoms with Gasteiger partial charge in [0.1, 0.15) is 11.5 Å². The van der Waals surface area contributed by atoms with Crippen LogP contribution in [-0.2, 0) is 5.41 Å². The average molecular weight is 626 g/mol. The fourth-order valence-electron chi connectivity index (χ4n) is 14.1. The van der Waals surface area contributed by atoms with Crippen molar-refractivity contribution < 1.29 is 4.74 Å². The molecular formula is C45H44BNO. The molecule has 6 saturated carbocycles. The van der Waals surface area contributed by atoms with E-state index in [1.165, 1.54) is 117 Å². The number of nitrogens with zero attached hydrogens (tertiary/aromatic N) is 1. The second kappa shape index (κ2) is 9.01. The van der Waals surface area contributed by atoms with E-state index in [-0.39, 0.29) is 6.71 Å². The van der Waals surface area contributed by atoms with Crippen molar-refractivity contribution in [2.45, 2.75) is 113 Å². The van der Waals surface area contributed by atoms with Gasteiger partial charge in [-0.1, -0.05) is 30.3 Å². The van der Waals surface area contributed by atoms with E-state index in [0.29, 0.717) is 5.41 Å². The maximum Gasteiger partial charge on any atom is 0.256 e. The molecule has 10 aliphatic carbocycles. The summed E-state index contributed by atoms with van der Waals surface area (Å²) in [6, 6.07) is 27.4. The Balaban J connectivity index is 1.09. The van der Waals surface area contributed by atoms with E-state index in [1.54, 1.807) is 27.8 Å². The van der Waals surface area contributed by atoms with Gasteiger partial charge < -0.3 is 9.64 Å². The van der Waals surface area contributed by atoms with E-state index in [2.05, 4.69) is 71.6 Å². The quantitative estimate of drug-likeness (QED) is 0.178. The van der Waals surface area contributed by atoms with Crippen LogP contribution in [0.15, 0.2) is 66.7 Å². The van der Waals surface area contributed by atoms with Gasteiger partial charge in [0.2, 0.25) is 0 Å². The minimum atomic E-state index is 0.216. The van der Waals surface area contributed by atoms with Crippen LogP contribution in [0, 0.1) is 17.8 Å². The van der Waals surface area contributed by atoms with Crippen LogP contribution < -0.4 is 26.0 Å². The van der Waals surface area contributed by atoms with E-state index >= 15 is 0 Å². The Hall–Kier alpha value is -3.46. The number of hydrogen-bond acceptors (Lipinski definition) is 2. The highest BCUT2D eigenvalue weighted by atomic mass is 16.5. The van der Waals surface area contributed by atoms with Crippen molar-refractivity contribution >= 4 is 40.2 Å². The maximum absolute atomic E-state index is 7.06. The highest BCUT2D eigenvalue weighted by Gasteiger charge is 2.57. The number of benzene rings is 4. The summed E-state index contributed by atoms with van der Waals surface area (Å²) in [5.74, 6) is 7.98. The zero-order valence-electron chi connectivity index (χ0n) is 28.0. The summed E-state index contributed by atoms with van der Waals surface area (Å²) in [5, 5.41) is 0. The van der Waals surface area contributed by atoms with Gasteiger partial charge >= 0.3 is 0 Å². The van der Waals surface area contributed by atoms with Gasteiger partial charge in [-0.3, -0.25) is 0 Å². The molecule has 0 saturated heterocycles. The summed E-state index contributed by atoms with van der Waals surface area (Å²) in [7, 11) is 0. The molecule has 12 aliphatic rings. The molecule has 4 aromatic rings. The number of fused-ring (bicyclic) bond motifs is 8. The van der Waals surface area contributed by atoms with Crippen LogP contribution in [-0.4, -0.2) is 6.71 Å². The van der Waals surface area contributed by atoms with Crippen LogP contribution in [0.3, 0.4) is 0 Å². The number of rotatable bonds is 2. The second-order valence-electron chi connectivity index (χ2n) is 18.0.